The van der Waals surface area contributed by atoms with Crippen molar-refractivity contribution >= 4 is 41.5 Å². The van der Waals surface area contributed by atoms with Gasteiger partial charge in [-0.3, -0.25) is 9.59 Å². The largest absolute Gasteiger partial charge is 0.344 e. The number of hydrogen-bond donors (Lipinski definition) is 2. The fourth-order valence-electron chi connectivity index (χ4n) is 2.23. The maximum absolute atomic E-state index is 12.3. The van der Waals surface area contributed by atoms with E-state index in [0.29, 0.717) is 36.6 Å². The van der Waals surface area contributed by atoms with Crippen LogP contribution in [0.3, 0.4) is 0 Å². The molecule has 116 valence electrons. The third kappa shape index (κ3) is 4.33. The van der Waals surface area contributed by atoms with Gasteiger partial charge in [0.15, 0.2) is 0 Å². The Hall–Kier alpha value is -1.30. The van der Waals surface area contributed by atoms with Gasteiger partial charge >= 0.3 is 0 Å². The van der Waals surface area contributed by atoms with Gasteiger partial charge < -0.3 is 15.5 Å². The van der Waals surface area contributed by atoms with Crippen molar-refractivity contribution in [1.29, 1.82) is 0 Å². The zero-order valence-electron chi connectivity index (χ0n) is 11.8. The molecule has 2 rings (SSSR count). The molecule has 1 atom stereocenters. The van der Waals surface area contributed by atoms with Crippen molar-refractivity contribution in [2.75, 3.05) is 25.0 Å². The number of hydrogen-bond acceptors (Lipinski definition) is 3. The predicted octanol–water partition coefficient (Wildman–Crippen LogP) is 1.59. The number of anilines is 1. The van der Waals surface area contributed by atoms with Crippen molar-refractivity contribution in [1.82, 2.24) is 10.6 Å². The number of nitrogens with one attached hydrogen (secondary N) is 2. The Labute approximate surface area is 135 Å². The van der Waals surface area contributed by atoms with Gasteiger partial charge in [0.25, 0.3) is 0 Å². The number of para-hydroxylation sites is 1. The lowest BCUT2D eigenvalue weighted by molar-refractivity contribution is -0.126. The maximum atomic E-state index is 12.3. The molecule has 0 aromatic heterocycles. The van der Waals surface area contributed by atoms with Gasteiger partial charge in [-0.15, -0.1) is 12.4 Å². The predicted molar refractivity (Wildman–Crippen MR) is 86.1 cm³/mol. The Bertz CT molecular complexity index is 511. The lowest BCUT2D eigenvalue weighted by Crippen LogP contribution is -2.42. The van der Waals surface area contributed by atoms with Crippen LogP contribution >= 0.6 is 24.0 Å². The summed E-state index contributed by atoms with van der Waals surface area (Å²) < 4.78 is 0. The topological polar surface area (TPSA) is 61.4 Å². The van der Waals surface area contributed by atoms with Crippen LogP contribution in [-0.4, -0.2) is 38.0 Å². The third-order valence-corrected chi connectivity index (χ3v) is 3.61. The molecule has 5 nitrogen and oxygen atoms in total. The summed E-state index contributed by atoms with van der Waals surface area (Å²) in [5.41, 5.74) is 0.700. The zero-order chi connectivity index (χ0) is 14.5. The molecule has 2 N–H and O–H groups in total. The van der Waals surface area contributed by atoms with Gasteiger partial charge in [-0.2, -0.15) is 0 Å². The lowest BCUT2D eigenvalue weighted by Gasteiger charge is -2.18. The minimum absolute atomic E-state index is 0. The molecule has 2 amide bonds. The summed E-state index contributed by atoms with van der Waals surface area (Å²) in [6.07, 6.45) is 0.974. The first-order valence-electron chi connectivity index (χ1n) is 6.63. The van der Waals surface area contributed by atoms with E-state index in [9.17, 15) is 9.59 Å². The van der Waals surface area contributed by atoms with Crippen LogP contribution in [0.4, 0.5) is 5.69 Å². The normalized spacial score (nSPS) is 17.5. The van der Waals surface area contributed by atoms with Crippen LogP contribution in [0.2, 0.25) is 5.02 Å². The molecule has 0 saturated carbocycles. The lowest BCUT2D eigenvalue weighted by atomic mass is 10.2. The van der Waals surface area contributed by atoms with E-state index in [4.69, 9.17) is 11.6 Å². The Balaban J connectivity index is 0.00000220. The Morgan fingerprint density at radius 1 is 1.43 bits per heavy atom. The second kappa shape index (κ2) is 8.22. The first-order valence-corrected chi connectivity index (χ1v) is 7.01. The van der Waals surface area contributed by atoms with Gasteiger partial charge in [0.05, 0.1) is 10.7 Å². The standard InChI is InChI=1S/C14H18ClN3O2.ClH/c1-16-8-6-13(19)17-11-7-9-18(14(11)20)12-5-3-2-4-10(12)15;/h2-5,11,16H,6-9H2,1H3,(H,17,19);1H. The molecule has 21 heavy (non-hydrogen) atoms. The van der Waals surface area contributed by atoms with Crippen molar-refractivity contribution in [3.05, 3.63) is 29.3 Å². The minimum atomic E-state index is -0.448. The summed E-state index contributed by atoms with van der Waals surface area (Å²) in [5, 5.41) is 6.22. The van der Waals surface area contributed by atoms with Crippen molar-refractivity contribution in [3.63, 3.8) is 0 Å². The SMILES string of the molecule is CNCCC(=O)NC1CCN(c2ccccc2Cl)C1=O.Cl. The first-order chi connectivity index (χ1) is 9.63. The summed E-state index contributed by atoms with van der Waals surface area (Å²) in [7, 11) is 1.78. The number of rotatable bonds is 5. The fraction of sp³-hybridized carbons (Fsp3) is 0.429. The van der Waals surface area contributed by atoms with Crippen LogP contribution in [0.15, 0.2) is 24.3 Å². The molecule has 1 aliphatic heterocycles. The maximum Gasteiger partial charge on any atom is 0.249 e. The quantitative estimate of drug-likeness (QED) is 0.861. The van der Waals surface area contributed by atoms with E-state index in [0.717, 1.165) is 0 Å². The first kappa shape index (κ1) is 17.8. The molecule has 1 aromatic rings. The molecule has 0 aliphatic carbocycles. The van der Waals surface area contributed by atoms with Gasteiger partial charge in [-0.25, -0.2) is 0 Å². The van der Waals surface area contributed by atoms with Crippen LogP contribution in [-0.2, 0) is 9.59 Å². The van der Waals surface area contributed by atoms with Crippen LogP contribution in [0.5, 0.6) is 0 Å². The van der Waals surface area contributed by atoms with E-state index in [-0.39, 0.29) is 24.2 Å². The van der Waals surface area contributed by atoms with E-state index >= 15 is 0 Å². The highest BCUT2D eigenvalue weighted by molar-refractivity contribution is 6.34. The van der Waals surface area contributed by atoms with Crippen LogP contribution in [0, 0.1) is 0 Å². The van der Waals surface area contributed by atoms with Crippen LogP contribution in [0.25, 0.3) is 0 Å². The summed E-state index contributed by atoms with van der Waals surface area (Å²) in [4.78, 5) is 25.6. The number of carbonyl (C=O) groups excluding carboxylic acids is 2. The molecule has 1 saturated heterocycles. The Kier molecular flexibility index (Phi) is 6.95. The summed E-state index contributed by atoms with van der Waals surface area (Å²) >= 11 is 6.10. The number of benzene rings is 1. The molecule has 1 aromatic carbocycles. The summed E-state index contributed by atoms with van der Waals surface area (Å²) in [5.74, 6) is -0.213. The molecule has 1 unspecified atom stereocenters. The highest BCUT2D eigenvalue weighted by Crippen LogP contribution is 2.28. The monoisotopic (exact) mass is 331 g/mol. The summed E-state index contributed by atoms with van der Waals surface area (Å²) in [6.45, 7) is 1.17. The average Bonchev–Trinajstić information content (AvgIpc) is 2.79. The van der Waals surface area contributed by atoms with Crippen molar-refractivity contribution in [2.24, 2.45) is 0 Å². The van der Waals surface area contributed by atoms with Gasteiger partial charge in [-0.05, 0) is 25.6 Å². The van der Waals surface area contributed by atoms with Gasteiger partial charge in [-0.1, -0.05) is 23.7 Å². The molecule has 0 bridgehead atoms. The van der Waals surface area contributed by atoms with Crippen molar-refractivity contribution in [2.45, 2.75) is 18.9 Å². The molecular weight excluding hydrogens is 313 g/mol. The summed E-state index contributed by atoms with van der Waals surface area (Å²) in [6, 6.07) is 6.78. The van der Waals surface area contributed by atoms with Gasteiger partial charge in [0, 0.05) is 19.5 Å². The molecule has 0 spiro atoms. The number of nitrogens with zero attached hydrogens (tertiary/aromatic N) is 1. The van der Waals surface area contributed by atoms with E-state index in [2.05, 4.69) is 10.6 Å². The van der Waals surface area contributed by atoms with Crippen molar-refractivity contribution in [3.8, 4) is 0 Å². The number of halogens is 2. The molecule has 1 heterocycles. The van der Waals surface area contributed by atoms with Gasteiger partial charge in [0.2, 0.25) is 11.8 Å². The second-order valence-corrected chi connectivity index (χ2v) is 5.11. The van der Waals surface area contributed by atoms with E-state index in [1.165, 1.54) is 0 Å². The Morgan fingerprint density at radius 2 is 2.14 bits per heavy atom. The number of carbonyl (C=O) groups is 2. The molecule has 7 heteroatoms. The average molecular weight is 332 g/mol. The van der Waals surface area contributed by atoms with E-state index < -0.39 is 6.04 Å². The highest BCUT2D eigenvalue weighted by atomic mass is 35.5. The van der Waals surface area contributed by atoms with E-state index in [1.54, 1.807) is 18.0 Å². The smallest absolute Gasteiger partial charge is 0.249 e. The minimum Gasteiger partial charge on any atom is -0.344 e. The third-order valence-electron chi connectivity index (χ3n) is 3.29. The molecule has 1 aliphatic rings. The van der Waals surface area contributed by atoms with Crippen LogP contribution in [0.1, 0.15) is 12.8 Å². The van der Waals surface area contributed by atoms with Gasteiger partial charge in [0.1, 0.15) is 6.04 Å². The van der Waals surface area contributed by atoms with Crippen LogP contribution < -0.4 is 15.5 Å². The zero-order valence-corrected chi connectivity index (χ0v) is 13.3. The Morgan fingerprint density at radius 3 is 2.81 bits per heavy atom. The molecule has 1 fully saturated rings. The fourth-order valence-corrected chi connectivity index (χ4v) is 2.47. The second-order valence-electron chi connectivity index (χ2n) is 4.70. The van der Waals surface area contributed by atoms with Crippen molar-refractivity contribution < 1.29 is 9.59 Å². The highest BCUT2D eigenvalue weighted by Gasteiger charge is 2.34. The molecular formula is C14H19Cl2N3O2. The number of amides is 2. The molecule has 0 radical (unpaired) electrons. The van der Waals surface area contributed by atoms with E-state index in [1.807, 2.05) is 18.2 Å².